The van der Waals surface area contributed by atoms with Crippen LogP contribution in [0.1, 0.15) is 22.2 Å². The average molecular weight is 262 g/mol. The smallest absolute Gasteiger partial charge is 0.347 e. The molecule has 0 amide bonds. The Morgan fingerprint density at radius 2 is 2.06 bits per heavy atom. The van der Waals surface area contributed by atoms with Gasteiger partial charge in [0.05, 0.1) is 6.20 Å². The monoisotopic (exact) mass is 262 g/mol. The number of aromatic nitrogens is 1. The summed E-state index contributed by atoms with van der Waals surface area (Å²) in [6.45, 7) is 2.11. The quantitative estimate of drug-likeness (QED) is 0.919. The lowest BCUT2D eigenvalue weighted by Gasteiger charge is -2.15. The molecule has 0 aliphatic carbocycles. The third-order valence-corrected chi connectivity index (χ3v) is 3.78. The van der Waals surface area contributed by atoms with Crippen LogP contribution in [-0.2, 0) is 6.42 Å². The van der Waals surface area contributed by atoms with Crippen molar-refractivity contribution < 1.29 is 9.90 Å². The molecule has 0 bridgehead atoms. The molecule has 0 saturated carbocycles. The maximum atomic E-state index is 10.8. The van der Waals surface area contributed by atoms with Crippen molar-refractivity contribution in [3.63, 3.8) is 0 Å². The number of benzene rings is 1. The molecule has 18 heavy (non-hydrogen) atoms. The zero-order chi connectivity index (χ0) is 13.1. The summed E-state index contributed by atoms with van der Waals surface area (Å²) < 4.78 is 0. The molecule has 94 valence electrons. The Morgan fingerprint density at radius 3 is 2.56 bits per heavy atom. The minimum absolute atomic E-state index is 0.252. The molecule has 0 aliphatic rings. The van der Waals surface area contributed by atoms with Crippen LogP contribution >= 0.6 is 11.3 Å². The summed E-state index contributed by atoms with van der Waals surface area (Å²) in [6, 6.07) is 8.16. The maximum Gasteiger partial charge on any atom is 0.347 e. The molecule has 1 N–H and O–H groups in total. The van der Waals surface area contributed by atoms with E-state index in [0.717, 1.165) is 12.1 Å². The lowest BCUT2D eigenvalue weighted by Crippen LogP contribution is -2.08. The number of carboxylic acids is 1. The third-order valence-electron chi connectivity index (χ3n) is 2.72. The van der Waals surface area contributed by atoms with E-state index in [9.17, 15) is 4.79 Å². The Labute approximate surface area is 110 Å². The van der Waals surface area contributed by atoms with Crippen molar-refractivity contribution in [2.75, 3.05) is 11.9 Å². The highest BCUT2D eigenvalue weighted by Crippen LogP contribution is 2.28. The Bertz CT molecular complexity index is 548. The van der Waals surface area contributed by atoms with E-state index < -0.39 is 5.97 Å². The molecule has 1 heterocycles. The highest BCUT2D eigenvalue weighted by atomic mass is 32.1. The van der Waals surface area contributed by atoms with Crippen LogP contribution in [0.4, 0.5) is 10.8 Å². The first-order chi connectivity index (χ1) is 8.61. The van der Waals surface area contributed by atoms with Gasteiger partial charge >= 0.3 is 5.97 Å². The second-order valence-corrected chi connectivity index (χ2v) is 4.90. The minimum atomic E-state index is -0.937. The van der Waals surface area contributed by atoms with Gasteiger partial charge in [0.1, 0.15) is 4.88 Å². The summed E-state index contributed by atoms with van der Waals surface area (Å²) in [5.41, 5.74) is 2.27. The standard InChI is InChI=1S/C13H14N2O2S/c1-3-9-4-6-10(7-5-9)15(2)13-14-8-11(18-13)12(16)17/h4-8H,3H2,1-2H3,(H,16,17). The average Bonchev–Trinajstić information content (AvgIpc) is 2.88. The molecule has 1 aromatic carbocycles. The number of aryl methyl sites for hydroxylation is 1. The van der Waals surface area contributed by atoms with Gasteiger partial charge in [-0.1, -0.05) is 30.4 Å². The van der Waals surface area contributed by atoms with Crippen molar-refractivity contribution in [1.29, 1.82) is 0 Å². The molecular weight excluding hydrogens is 248 g/mol. The number of thiazole rings is 1. The number of anilines is 2. The molecular formula is C13H14N2O2S. The molecule has 0 atom stereocenters. The van der Waals surface area contributed by atoms with E-state index >= 15 is 0 Å². The maximum absolute atomic E-state index is 10.8. The minimum Gasteiger partial charge on any atom is -0.477 e. The largest absolute Gasteiger partial charge is 0.477 e. The zero-order valence-electron chi connectivity index (χ0n) is 10.3. The first-order valence-electron chi connectivity index (χ1n) is 5.63. The lowest BCUT2D eigenvalue weighted by atomic mass is 10.1. The van der Waals surface area contributed by atoms with Crippen molar-refractivity contribution in [3.05, 3.63) is 40.9 Å². The van der Waals surface area contributed by atoms with Crippen molar-refractivity contribution >= 4 is 28.1 Å². The van der Waals surface area contributed by atoms with Gasteiger partial charge in [-0.25, -0.2) is 9.78 Å². The van der Waals surface area contributed by atoms with Gasteiger partial charge in [0.2, 0.25) is 0 Å². The third kappa shape index (κ3) is 2.51. The summed E-state index contributed by atoms with van der Waals surface area (Å²) in [5.74, 6) is -0.937. The summed E-state index contributed by atoms with van der Waals surface area (Å²) in [7, 11) is 1.88. The lowest BCUT2D eigenvalue weighted by molar-refractivity contribution is 0.0702. The topological polar surface area (TPSA) is 53.4 Å². The molecule has 5 heteroatoms. The second-order valence-electron chi connectivity index (χ2n) is 3.89. The van der Waals surface area contributed by atoms with Crippen LogP contribution in [0.25, 0.3) is 0 Å². The highest BCUT2D eigenvalue weighted by Gasteiger charge is 2.12. The van der Waals surface area contributed by atoms with Crippen molar-refractivity contribution in [2.24, 2.45) is 0 Å². The highest BCUT2D eigenvalue weighted by molar-refractivity contribution is 7.17. The first-order valence-corrected chi connectivity index (χ1v) is 6.45. The van der Waals surface area contributed by atoms with Gasteiger partial charge in [-0.2, -0.15) is 0 Å². The molecule has 0 aliphatic heterocycles. The molecule has 0 unspecified atom stereocenters. The van der Waals surface area contributed by atoms with Gasteiger partial charge in [0.25, 0.3) is 0 Å². The van der Waals surface area contributed by atoms with Gasteiger partial charge in [0, 0.05) is 12.7 Å². The molecule has 0 saturated heterocycles. The van der Waals surface area contributed by atoms with E-state index in [4.69, 9.17) is 5.11 Å². The SMILES string of the molecule is CCc1ccc(N(C)c2ncc(C(=O)O)s2)cc1. The number of nitrogens with zero attached hydrogens (tertiary/aromatic N) is 2. The fourth-order valence-corrected chi connectivity index (χ4v) is 2.32. The van der Waals surface area contributed by atoms with Crippen LogP contribution in [0.3, 0.4) is 0 Å². The number of hydrogen-bond donors (Lipinski definition) is 1. The summed E-state index contributed by atoms with van der Waals surface area (Å²) >= 11 is 1.17. The van der Waals surface area contributed by atoms with E-state index in [2.05, 4.69) is 24.0 Å². The normalized spacial score (nSPS) is 10.3. The van der Waals surface area contributed by atoms with E-state index in [0.29, 0.717) is 5.13 Å². The summed E-state index contributed by atoms with van der Waals surface area (Å²) in [6.07, 6.45) is 2.39. The Kier molecular flexibility index (Phi) is 3.62. The number of hydrogen-bond acceptors (Lipinski definition) is 4. The molecule has 4 nitrogen and oxygen atoms in total. The molecule has 0 spiro atoms. The molecule has 2 rings (SSSR count). The number of rotatable bonds is 4. The predicted octanol–water partition coefficient (Wildman–Crippen LogP) is 3.17. The van der Waals surface area contributed by atoms with Gasteiger partial charge in [0.15, 0.2) is 5.13 Å². The van der Waals surface area contributed by atoms with Crippen LogP contribution in [0, 0.1) is 0 Å². The summed E-state index contributed by atoms with van der Waals surface area (Å²) in [5, 5.41) is 9.55. The Balaban J connectivity index is 2.23. The van der Waals surface area contributed by atoms with Crippen LogP contribution in [0.15, 0.2) is 30.5 Å². The molecule has 1 aromatic heterocycles. The van der Waals surface area contributed by atoms with Crippen molar-refractivity contribution in [3.8, 4) is 0 Å². The van der Waals surface area contributed by atoms with E-state index in [-0.39, 0.29) is 4.88 Å². The second kappa shape index (κ2) is 5.18. The number of aromatic carboxylic acids is 1. The van der Waals surface area contributed by atoms with Gasteiger partial charge < -0.3 is 10.0 Å². The fourth-order valence-electron chi connectivity index (χ4n) is 1.58. The fraction of sp³-hybridized carbons (Fsp3) is 0.231. The molecule has 2 aromatic rings. The van der Waals surface area contributed by atoms with Crippen LogP contribution < -0.4 is 4.90 Å². The van der Waals surface area contributed by atoms with Crippen LogP contribution in [0.2, 0.25) is 0 Å². The van der Waals surface area contributed by atoms with Crippen molar-refractivity contribution in [1.82, 2.24) is 4.98 Å². The van der Waals surface area contributed by atoms with E-state index in [1.54, 1.807) is 0 Å². The zero-order valence-corrected chi connectivity index (χ0v) is 11.1. The van der Waals surface area contributed by atoms with Gasteiger partial charge in [-0.3, -0.25) is 0 Å². The van der Waals surface area contributed by atoms with Crippen LogP contribution in [-0.4, -0.2) is 23.1 Å². The first kappa shape index (κ1) is 12.6. The summed E-state index contributed by atoms with van der Waals surface area (Å²) in [4.78, 5) is 17.1. The number of carbonyl (C=O) groups is 1. The van der Waals surface area contributed by atoms with E-state index in [1.807, 2.05) is 24.1 Å². The molecule has 0 fully saturated rings. The van der Waals surface area contributed by atoms with Gasteiger partial charge in [-0.15, -0.1) is 0 Å². The Morgan fingerprint density at radius 1 is 1.39 bits per heavy atom. The number of carboxylic acid groups (broad SMARTS) is 1. The Hall–Kier alpha value is -1.88. The van der Waals surface area contributed by atoms with Crippen molar-refractivity contribution in [2.45, 2.75) is 13.3 Å². The predicted molar refractivity (Wildman–Crippen MR) is 73.0 cm³/mol. The van der Waals surface area contributed by atoms with Crippen LogP contribution in [0.5, 0.6) is 0 Å². The van der Waals surface area contributed by atoms with Gasteiger partial charge in [-0.05, 0) is 24.1 Å². The van der Waals surface area contributed by atoms with E-state index in [1.165, 1.54) is 23.1 Å². The molecule has 0 radical (unpaired) electrons.